The second kappa shape index (κ2) is 13.1. The molecule has 0 saturated heterocycles. The first kappa shape index (κ1) is 20.4. The van der Waals surface area contributed by atoms with Crippen LogP contribution in [-0.4, -0.2) is 33.6 Å². The number of rotatable bonds is 14. The number of unbranched alkanes of at least 4 members (excludes halogenated alkanes) is 5. The summed E-state index contributed by atoms with van der Waals surface area (Å²) in [7, 11) is -2.71. The van der Waals surface area contributed by atoms with Crippen molar-refractivity contribution in [2.24, 2.45) is 0 Å². The monoisotopic (exact) mass is 324 g/mol. The van der Waals surface area contributed by atoms with Gasteiger partial charge in [0.15, 0.2) is 0 Å². The number of halogens is 1. The third-order valence-electron chi connectivity index (χ3n) is 3.23. The van der Waals surface area contributed by atoms with Crippen LogP contribution in [0.3, 0.4) is 0 Å². The van der Waals surface area contributed by atoms with E-state index in [1.807, 2.05) is 20.8 Å². The topological polar surface area (TPSA) is 27.7 Å². The van der Waals surface area contributed by atoms with Gasteiger partial charge < -0.3 is 13.3 Å². The molecule has 1 atom stereocenters. The van der Waals surface area contributed by atoms with E-state index < -0.39 is 8.80 Å². The Morgan fingerprint density at radius 1 is 0.750 bits per heavy atom. The molecule has 0 bridgehead atoms. The molecule has 0 aliphatic carbocycles. The van der Waals surface area contributed by atoms with E-state index in [0.717, 1.165) is 12.8 Å². The molecule has 122 valence electrons. The highest BCUT2D eigenvalue weighted by Gasteiger charge is 2.48. The molecule has 0 rings (SSSR count). The van der Waals surface area contributed by atoms with Gasteiger partial charge in [-0.1, -0.05) is 45.4 Å². The molecule has 0 N–H and O–H groups in total. The molecule has 0 aliphatic heterocycles. The Labute approximate surface area is 131 Å². The lowest BCUT2D eigenvalue weighted by molar-refractivity contribution is 0.0680. The second-order valence-corrected chi connectivity index (χ2v) is 8.59. The van der Waals surface area contributed by atoms with Crippen LogP contribution in [0.4, 0.5) is 0 Å². The molecule has 1 unspecified atom stereocenters. The van der Waals surface area contributed by atoms with Crippen molar-refractivity contribution in [1.82, 2.24) is 0 Å². The van der Waals surface area contributed by atoms with Gasteiger partial charge >= 0.3 is 8.80 Å². The molecule has 0 spiro atoms. The average molecular weight is 325 g/mol. The van der Waals surface area contributed by atoms with Crippen LogP contribution >= 0.6 is 11.6 Å². The minimum Gasteiger partial charge on any atom is -0.373 e. The largest absolute Gasteiger partial charge is 0.519 e. The molecular weight excluding hydrogens is 292 g/mol. The maximum absolute atomic E-state index is 6.57. The van der Waals surface area contributed by atoms with E-state index in [1.165, 1.54) is 32.1 Å². The van der Waals surface area contributed by atoms with Gasteiger partial charge in [0.2, 0.25) is 0 Å². The van der Waals surface area contributed by atoms with E-state index >= 15 is 0 Å². The highest BCUT2D eigenvalue weighted by atomic mass is 35.5. The van der Waals surface area contributed by atoms with E-state index in [0.29, 0.717) is 19.8 Å². The fourth-order valence-electron chi connectivity index (χ4n) is 2.28. The summed E-state index contributed by atoms with van der Waals surface area (Å²) in [5.74, 6) is 0. The Morgan fingerprint density at radius 2 is 1.20 bits per heavy atom. The van der Waals surface area contributed by atoms with Crippen molar-refractivity contribution >= 4 is 20.4 Å². The van der Waals surface area contributed by atoms with Gasteiger partial charge in [-0.2, -0.15) is 0 Å². The zero-order chi connectivity index (χ0) is 15.3. The van der Waals surface area contributed by atoms with Crippen LogP contribution in [0, 0.1) is 0 Å². The molecule has 0 saturated carbocycles. The quantitative estimate of drug-likeness (QED) is 0.257. The minimum absolute atomic E-state index is 0.131. The second-order valence-electron chi connectivity index (χ2n) is 4.93. The smallest absolute Gasteiger partial charge is 0.373 e. The number of hydrogen-bond donors (Lipinski definition) is 0. The summed E-state index contributed by atoms with van der Waals surface area (Å²) in [5.41, 5.74) is 0. The van der Waals surface area contributed by atoms with Crippen molar-refractivity contribution in [2.45, 2.75) is 77.6 Å². The summed E-state index contributed by atoms with van der Waals surface area (Å²) in [6, 6.07) is 0. The van der Waals surface area contributed by atoms with E-state index in [4.69, 9.17) is 24.9 Å². The van der Waals surface area contributed by atoms with Crippen LogP contribution in [0.1, 0.15) is 72.6 Å². The van der Waals surface area contributed by atoms with Crippen LogP contribution in [0.25, 0.3) is 0 Å². The minimum atomic E-state index is -2.71. The molecule has 3 nitrogen and oxygen atoms in total. The molecular formula is C15H33ClO3Si. The summed E-state index contributed by atoms with van der Waals surface area (Å²) in [5, 5.41) is -0.131. The van der Waals surface area contributed by atoms with E-state index in [-0.39, 0.29) is 5.00 Å². The van der Waals surface area contributed by atoms with E-state index in [2.05, 4.69) is 6.92 Å². The van der Waals surface area contributed by atoms with Gasteiger partial charge in [-0.3, -0.25) is 0 Å². The zero-order valence-electron chi connectivity index (χ0n) is 13.8. The molecule has 0 aromatic carbocycles. The fraction of sp³-hybridized carbons (Fsp3) is 1.00. The van der Waals surface area contributed by atoms with Crippen molar-refractivity contribution in [3.63, 3.8) is 0 Å². The first-order chi connectivity index (χ1) is 9.66. The highest BCUT2D eigenvalue weighted by molar-refractivity contribution is 6.71. The van der Waals surface area contributed by atoms with Crippen LogP contribution in [-0.2, 0) is 13.3 Å². The molecule has 5 heteroatoms. The Morgan fingerprint density at radius 3 is 1.65 bits per heavy atom. The van der Waals surface area contributed by atoms with Crippen molar-refractivity contribution in [3.05, 3.63) is 0 Å². The summed E-state index contributed by atoms with van der Waals surface area (Å²) in [6.07, 6.45) is 8.52. The maximum atomic E-state index is 6.57. The maximum Gasteiger partial charge on any atom is 0.519 e. The van der Waals surface area contributed by atoms with Gasteiger partial charge in [0.25, 0.3) is 0 Å². The number of hydrogen-bond acceptors (Lipinski definition) is 3. The van der Waals surface area contributed by atoms with Crippen molar-refractivity contribution < 1.29 is 13.3 Å². The van der Waals surface area contributed by atoms with Gasteiger partial charge in [0.1, 0.15) is 5.00 Å². The molecule has 0 fully saturated rings. The fourth-order valence-corrected chi connectivity index (χ4v) is 5.56. The van der Waals surface area contributed by atoms with Gasteiger partial charge in [-0.15, -0.1) is 11.6 Å². The predicted octanol–water partition coefficient (Wildman–Crippen LogP) is 4.93. The first-order valence-corrected chi connectivity index (χ1v) is 10.5. The summed E-state index contributed by atoms with van der Waals surface area (Å²) in [4.78, 5) is 0. The van der Waals surface area contributed by atoms with Gasteiger partial charge in [-0.05, 0) is 27.2 Å². The Hall–Kier alpha value is 0.387. The van der Waals surface area contributed by atoms with Gasteiger partial charge in [0, 0.05) is 19.8 Å². The summed E-state index contributed by atoms with van der Waals surface area (Å²) in [6.45, 7) is 9.90. The SMILES string of the molecule is CCCCCCCCC(Cl)[Si](OCC)(OCC)OCC. The Balaban J connectivity index is 4.20. The zero-order valence-corrected chi connectivity index (χ0v) is 15.5. The van der Waals surface area contributed by atoms with E-state index in [1.54, 1.807) is 0 Å². The average Bonchev–Trinajstić information content (AvgIpc) is 2.43. The predicted molar refractivity (Wildman–Crippen MR) is 88.3 cm³/mol. The molecule has 0 aromatic heterocycles. The molecule has 0 aliphatic rings. The highest BCUT2D eigenvalue weighted by Crippen LogP contribution is 2.25. The summed E-state index contributed by atoms with van der Waals surface area (Å²) >= 11 is 6.57. The molecule has 0 amide bonds. The molecule has 0 heterocycles. The Kier molecular flexibility index (Phi) is 13.3. The van der Waals surface area contributed by atoms with Crippen LogP contribution < -0.4 is 0 Å². The standard InChI is InChI=1S/C15H33ClO3Si/c1-5-9-10-11-12-13-14-15(16)20(17-6-2,18-7-3)19-8-4/h15H,5-14H2,1-4H3. The molecule has 0 radical (unpaired) electrons. The van der Waals surface area contributed by atoms with Crippen molar-refractivity contribution in [1.29, 1.82) is 0 Å². The normalized spacial score (nSPS) is 13.7. The van der Waals surface area contributed by atoms with Gasteiger partial charge in [0.05, 0.1) is 0 Å². The van der Waals surface area contributed by atoms with Crippen LogP contribution in [0.5, 0.6) is 0 Å². The van der Waals surface area contributed by atoms with Crippen molar-refractivity contribution in [2.75, 3.05) is 19.8 Å². The van der Waals surface area contributed by atoms with Crippen molar-refractivity contribution in [3.8, 4) is 0 Å². The van der Waals surface area contributed by atoms with E-state index in [9.17, 15) is 0 Å². The lowest BCUT2D eigenvalue weighted by atomic mass is 10.1. The third kappa shape index (κ3) is 7.98. The van der Waals surface area contributed by atoms with Crippen LogP contribution in [0.15, 0.2) is 0 Å². The lowest BCUT2D eigenvalue weighted by Crippen LogP contribution is -2.54. The lowest BCUT2D eigenvalue weighted by Gasteiger charge is -2.32. The number of alkyl halides is 1. The third-order valence-corrected chi connectivity index (χ3v) is 7.38. The Bertz CT molecular complexity index is 200. The molecule has 0 aromatic rings. The van der Waals surface area contributed by atoms with Gasteiger partial charge in [-0.25, -0.2) is 0 Å². The summed E-state index contributed by atoms with van der Waals surface area (Å²) < 4.78 is 17.5. The molecule has 20 heavy (non-hydrogen) atoms. The van der Waals surface area contributed by atoms with Crippen LogP contribution in [0.2, 0.25) is 0 Å². The first-order valence-electron chi connectivity index (χ1n) is 8.22.